The van der Waals surface area contributed by atoms with Crippen LogP contribution in [0.2, 0.25) is 0 Å². The summed E-state index contributed by atoms with van der Waals surface area (Å²) in [5, 5.41) is -0.0642. The van der Waals surface area contributed by atoms with Crippen molar-refractivity contribution in [3.8, 4) is 11.5 Å². The number of hydrogen-bond acceptors (Lipinski definition) is 5. The van der Waals surface area contributed by atoms with Gasteiger partial charge < -0.3 is 19.3 Å². The number of rotatable bonds is 9. The minimum atomic E-state index is -0.0401. The first kappa shape index (κ1) is 20.8. The van der Waals surface area contributed by atoms with E-state index in [1.165, 1.54) is 0 Å². The van der Waals surface area contributed by atoms with E-state index in [1.807, 2.05) is 42.0 Å². The van der Waals surface area contributed by atoms with Gasteiger partial charge in [-0.2, -0.15) is 0 Å². The Hall–Kier alpha value is -1.89. The molecule has 2 fully saturated rings. The van der Waals surface area contributed by atoms with Gasteiger partial charge in [-0.25, -0.2) is 0 Å². The summed E-state index contributed by atoms with van der Waals surface area (Å²) in [5.41, 5.74) is 1.04. The van der Waals surface area contributed by atoms with E-state index in [-0.39, 0.29) is 28.4 Å². The fourth-order valence-corrected chi connectivity index (χ4v) is 5.00. The Morgan fingerprint density at radius 2 is 1.96 bits per heavy atom. The van der Waals surface area contributed by atoms with Crippen LogP contribution in [0.5, 0.6) is 11.5 Å². The molecule has 1 saturated carbocycles. The van der Waals surface area contributed by atoms with Crippen molar-refractivity contribution in [3.63, 3.8) is 0 Å². The van der Waals surface area contributed by atoms with Crippen molar-refractivity contribution in [2.24, 2.45) is 5.92 Å². The number of nitrogens with zero attached hydrogens (tertiary/aromatic N) is 2. The van der Waals surface area contributed by atoms with E-state index < -0.39 is 0 Å². The van der Waals surface area contributed by atoms with Gasteiger partial charge in [0.25, 0.3) is 0 Å². The van der Waals surface area contributed by atoms with Crippen LogP contribution >= 0.6 is 11.8 Å². The van der Waals surface area contributed by atoms with Crippen molar-refractivity contribution in [2.45, 2.75) is 43.2 Å². The van der Waals surface area contributed by atoms with Crippen LogP contribution in [0.3, 0.4) is 0 Å². The summed E-state index contributed by atoms with van der Waals surface area (Å²) in [6.07, 6.45) is 3.62. The average Bonchev–Trinajstić information content (AvgIpc) is 3.51. The third-order valence-electron chi connectivity index (χ3n) is 5.39. The molecule has 0 aromatic heterocycles. The summed E-state index contributed by atoms with van der Waals surface area (Å²) >= 11 is 1.69. The van der Waals surface area contributed by atoms with Crippen molar-refractivity contribution in [3.05, 3.63) is 23.8 Å². The lowest BCUT2D eigenvalue weighted by atomic mass is 10.1. The van der Waals surface area contributed by atoms with E-state index >= 15 is 0 Å². The Bertz CT molecular complexity index is 722. The number of carbonyl (C=O) groups is 2. The predicted octanol–water partition coefficient (Wildman–Crippen LogP) is 3.31. The second kappa shape index (κ2) is 9.07. The van der Waals surface area contributed by atoms with E-state index in [1.54, 1.807) is 26.0 Å². The first-order valence-electron chi connectivity index (χ1n) is 9.93. The van der Waals surface area contributed by atoms with Gasteiger partial charge in [-0.3, -0.25) is 9.59 Å². The summed E-state index contributed by atoms with van der Waals surface area (Å²) in [5.74, 6) is 2.01. The van der Waals surface area contributed by atoms with Crippen LogP contribution in [0.25, 0.3) is 0 Å². The van der Waals surface area contributed by atoms with E-state index in [0.717, 1.165) is 31.2 Å². The first-order chi connectivity index (χ1) is 13.5. The molecule has 1 aromatic rings. The van der Waals surface area contributed by atoms with Gasteiger partial charge in [0, 0.05) is 26.1 Å². The number of benzene rings is 1. The standard InChI is InChI=1S/C21H30N2O4S/c1-5-18-20(25)23(12-6-11-22(2)19(24)14-7-8-14)21(28-18)15-9-10-16(26-3)17(13-15)27-4/h9-10,13-14,18,21H,5-8,11-12H2,1-4H3/t18-,21-/m1/s1. The fourth-order valence-electron chi connectivity index (χ4n) is 3.58. The summed E-state index contributed by atoms with van der Waals surface area (Å²) in [6.45, 7) is 3.37. The third kappa shape index (κ3) is 4.40. The van der Waals surface area contributed by atoms with E-state index in [2.05, 4.69) is 0 Å². The molecule has 2 atom stereocenters. The molecule has 7 heteroatoms. The Kier molecular flexibility index (Phi) is 6.75. The molecule has 0 radical (unpaired) electrons. The molecule has 0 unspecified atom stereocenters. The van der Waals surface area contributed by atoms with E-state index in [9.17, 15) is 9.59 Å². The zero-order chi connectivity index (χ0) is 20.3. The predicted molar refractivity (Wildman–Crippen MR) is 111 cm³/mol. The SMILES string of the molecule is CC[C@H]1S[C@H](c2ccc(OC)c(OC)c2)N(CCCN(C)C(=O)C2CC2)C1=O. The van der Waals surface area contributed by atoms with Gasteiger partial charge in [0.15, 0.2) is 11.5 Å². The van der Waals surface area contributed by atoms with Gasteiger partial charge in [0.1, 0.15) is 5.37 Å². The topological polar surface area (TPSA) is 59.1 Å². The van der Waals surface area contributed by atoms with Crippen molar-refractivity contribution < 1.29 is 19.1 Å². The monoisotopic (exact) mass is 406 g/mol. The van der Waals surface area contributed by atoms with Crippen molar-refractivity contribution >= 4 is 23.6 Å². The number of methoxy groups -OCH3 is 2. The highest BCUT2D eigenvalue weighted by Crippen LogP contribution is 2.46. The van der Waals surface area contributed by atoms with Gasteiger partial charge in [-0.05, 0) is 43.4 Å². The number of thioether (sulfide) groups is 1. The van der Waals surface area contributed by atoms with Crippen LogP contribution in [0.1, 0.15) is 43.5 Å². The van der Waals surface area contributed by atoms with Crippen molar-refractivity contribution in [1.82, 2.24) is 9.80 Å². The maximum absolute atomic E-state index is 12.9. The molecule has 1 saturated heterocycles. The minimum absolute atomic E-state index is 0.0241. The van der Waals surface area contributed by atoms with Crippen LogP contribution in [0, 0.1) is 5.92 Å². The van der Waals surface area contributed by atoms with Gasteiger partial charge in [0.05, 0.1) is 19.5 Å². The molecule has 28 heavy (non-hydrogen) atoms. The number of amides is 2. The number of ether oxygens (including phenoxy) is 2. The number of carbonyl (C=O) groups excluding carboxylic acids is 2. The molecule has 154 valence electrons. The Morgan fingerprint density at radius 1 is 1.25 bits per heavy atom. The van der Waals surface area contributed by atoms with Crippen molar-refractivity contribution in [2.75, 3.05) is 34.4 Å². The fraction of sp³-hybridized carbons (Fsp3) is 0.619. The molecular weight excluding hydrogens is 376 g/mol. The van der Waals surface area contributed by atoms with Crippen molar-refractivity contribution in [1.29, 1.82) is 0 Å². The van der Waals surface area contributed by atoms with Crippen LogP contribution in [-0.2, 0) is 9.59 Å². The maximum atomic E-state index is 12.9. The number of hydrogen-bond donors (Lipinski definition) is 0. The molecule has 0 bridgehead atoms. The molecule has 1 aliphatic heterocycles. The first-order valence-corrected chi connectivity index (χ1v) is 10.9. The third-order valence-corrected chi connectivity index (χ3v) is 7.04. The minimum Gasteiger partial charge on any atom is -0.493 e. The molecule has 6 nitrogen and oxygen atoms in total. The largest absolute Gasteiger partial charge is 0.493 e. The van der Waals surface area contributed by atoms with Crippen LogP contribution in [0.4, 0.5) is 0 Å². The molecule has 3 rings (SSSR count). The molecule has 0 spiro atoms. The van der Waals surface area contributed by atoms with Gasteiger partial charge in [-0.15, -0.1) is 11.8 Å². The zero-order valence-corrected chi connectivity index (χ0v) is 18.0. The van der Waals surface area contributed by atoms with E-state index in [0.29, 0.717) is 24.6 Å². The Balaban J connectivity index is 1.69. The second-order valence-corrected chi connectivity index (χ2v) is 8.71. The molecule has 2 aliphatic rings. The Morgan fingerprint density at radius 3 is 2.57 bits per heavy atom. The summed E-state index contributed by atoms with van der Waals surface area (Å²) in [6, 6.07) is 5.84. The lowest BCUT2D eigenvalue weighted by Crippen LogP contribution is -2.35. The normalized spacial score (nSPS) is 21.7. The summed E-state index contributed by atoms with van der Waals surface area (Å²) in [7, 11) is 5.10. The van der Waals surface area contributed by atoms with Gasteiger partial charge >= 0.3 is 0 Å². The average molecular weight is 407 g/mol. The van der Waals surface area contributed by atoms with Crippen LogP contribution in [-0.4, -0.2) is 61.2 Å². The smallest absolute Gasteiger partial charge is 0.236 e. The maximum Gasteiger partial charge on any atom is 0.236 e. The van der Waals surface area contributed by atoms with Gasteiger partial charge in [-0.1, -0.05) is 13.0 Å². The van der Waals surface area contributed by atoms with Gasteiger partial charge in [0.2, 0.25) is 11.8 Å². The lowest BCUT2D eigenvalue weighted by molar-refractivity contribution is -0.131. The molecule has 1 heterocycles. The molecule has 2 amide bonds. The molecular formula is C21H30N2O4S. The molecule has 1 aliphatic carbocycles. The second-order valence-electron chi connectivity index (χ2n) is 7.42. The Labute approximate surface area is 171 Å². The van der Waals surface area contributed by atoms with E-state index in [4.69, 9.17) is 9.47 Å². The molecule has 1 aromatic carbocycles. The highest BCUT2D eigenvalue weighted by Gasteiger charge is 2.40. The lowest BCUT2D eigenvalue weighted by Gasteiger charge is -2.26. The quantitative estimate of drug-likeness (QED) is 0.630. The highest BCUT2D eigenvalue weighted by molar-refractivity contribution is 8.01. The zero-order valence-electron chi connectivity index (χ0n) is 17.1. The van der Waals surface area contributed by atoms with Crippen LogP contribution in [0.15, 0.2) is 18.2 Å². The molecule has 0 N–H and O–H groups in total. The summed E-state index contributed by atoms with van der Waals surface area (Å²) in [4.78, 5) is 28.8. The van der Waals surface area contributed by atoms with Crippen LogP contribution < -0.4 is 9.47 Å². The highest BCUT2D eigenvalue weighted by atomic mass is 32.2. The summed E-state index contributed by atoms with van der Waals surface area (Å²) < 4.78 is 10.8.